The van der Waals surface area contributed by atoms with Gasteiger partial charge in [0, 0.05) is 30.1 Å². The molecule has 28 heavy (non-hydrogen) atoms. The highest BCUT2D eigenvalue weighted by Gasteiger charge is 2.37. The molecule has 0 bridgehead atoms. The van der Waals surface area contributed by atoms with Crippen molar-refractivity contribution in [2.24, 2.45) is 5.73 Å². The topological polar surface area (TPSA) is 73.1 Å². The molecule has 1 aliphatic rings. The largest absolute Gasteiger partial charge is 0.496 e. The van der Waals surface area contributed by atoms with Crippen LogP contribution in [0, 0.1) is 12.7 Å². The van der Waals surface area contributed by atoms with Crippen molar-refractivity contribution >= 4 is 0 Å². The minimum atomic E-state index is -0.515. The van der Waals surface area contributed by atoms with Crippen LogP contribution in [-0.4, -0.2) is 23.6 Å². The number of nitrogens with zero attached hydrogens (tertiary/aromatic N) is 2. The maximum atomic E-state index is 14.6. The van der Waals surface area contributed by atoms with Crippen LogP contribution in [0.25, 0.3) is 11.1 Å². The summed E-state index contributed by atoms with van der Waals surface area (Å²) in [6.45, 7) is 2.59. The van der Waals surface area contributed by atoms with Crippen LogP contribution in [0.3, 0.4) is 0 Å². The van der Waals surface area contributed by atoms with E-state index in [-0.39, 0.29) is 5.82 Å². The maximum absolute atomic E-state index is 14.6. The molecule has 3 aromatic rings. The van der Waals surface area contributed by atoms with Crippen molar-refractivity contribution in [1.29, 1.82) is 0 Å². The van der Waals surface area contributed by atoms with Gasteiger partial charge in [-0.15, -0.1) is 0 Å². The Balaban J connectivity index is 1.89. The summed E-state index contributed by atoms with van der Waals surface area (Å²) in [5.41, 5.74) is 9.68. The van der Waals surface area contributed by atoms with E-state index in [0.717, 1.165) is 22.4 Å². The Morgan fingerprint density at radius 1 is 1.11 bits per heavy atom. The van der Waals surface area contributed by atoms with Gasteiger partial charge in [0.05, 0.1) is 18.3 Å². The van der Waals surface area contributed by atoms with Gasteiger partial charge in [-0.2, -0.15) is 0 Å². The first kappa shape index (κ1) is 18.0. The lowest BCUT2D eigenvalue weighted by Gasteiger charge is -2.29. The van der Waals surface area contributed by atoms with Crippen LogP contribution < -0.4 is 15.8 Å². The second kappa shape index (κ2) is 6.96. The van der Waals surface area contributed by atoms with Gasteiger partial charge in [-0.1, -0.05) is 18.2 Å². The number of rotatable bonds is 4. The Labute approximate surface area is 163 Å². The summed E-state index contributed by atoms with van der Waals surface area (Å²) < 4.78 is 20.0. The molecule has 0 spiro atoms. The van der Waals surface area contributed by atoms with Crippen molar-refractivity contribution in [3.05, 3.63) is 89.5 Å². The fourth-order valence-electron chi connectivity index (χ4n) is 3.76. The van der Waals surface area contributed by atoms with E-state index in [9.17, 15) is 4.39 Å². The third-order valence-electron chi connectivity index (χ3n) is 5.24. The smallest absolute Gasteiger partial charge is 0.131 e. The maximum Gasteiger partial charge on any atom is 0.131 e. The van der Waals surface area contributed by atoms with Gasteiger partial charge in [0.15, 0.2) is 0 Å². The molecule has 0 aliphatic carbocycles. The molecule has 1 unspecified atom stereocenters. The SMILES string of the molecule is COc1ccc(C2(c3ccc(F)c(-c4cncnc4)c3)C=C(N)NC2)cc1C. The van der Waals surface area contributed by atoms with Crippen LogP contribution in [0.5, 0.6) is 5.75 Å². The Bertz CT molecular complexity index is 1050. The highest BCUT2D eigenvalue weighted by Crippen LogP contribution is 2.40. The van der Waals surface area contributed by atoms with Crippen molar-refractivity contribution in [2.75, 3.05) is 13.7 Å². The van der Waals surface area contributed by atoms with Gasteiger partial charge in [0.1, 0.15) is 17.9 Å². The van der Waals surface area contributed by atoms with Crippen molar-refractivity contribution in [1.82, 2.24) is 15.3 Å². The van der Waals surface area contributed by atoms with Crippen molar-refractivity contribution in [3.63, 3.8) is 0 Å². The summed E-state index contributed by atoms with van der Waals surface area (Å²) in [5, 5.41) is 3.22. The molecule has 0 radical (unpaired) electrons. The van der Waals surface area contributed by atoms with Crippen LogP contribution >= 0.6 is 0 Å². The summed E-state index contributed by atoms with van der Waals surface area (Å²) in [5.74, 6) is 1.10. The molecule has 0 saturated heterocycles. The minimum absolute atomic E-state index is 0.317. The summed E-state index contributed by atoms with van der Waals surface area (Å²) in [6, 6.07) is 11.2. The van der Waals surface area contributed by atoms with E-state index >= 15 is 0 Å². The van der Waals surface area contributed by atoms with E-state index in [4.69, 9.17) is 10.5 Å². The van der Waals surface area contributed by atoms with E-state index in [1.165, 1.54) is 12.4 Å². The first-order valence-electron chi connectivity index (χ1n) is 8.96. The molecule has 0 fully saturated rings. The lowest BCUT2D eigenvalue weighted by Crippen LogP contribution is -2.31. The molecule has 3 N–H and O–H groups in total. The number of halogens is 1. The highest BCUT2D eigenvalue weighted by atomic mass is 19.1. The Morgan fingerprint density at radius 3 is 2.46 bits per heavy atom. The van der Waals surface area contributed by atoms with E-state index in [1.54, 1.807) is 25.6 Å². The number of hydrogen-bond acceptors (Lipinski definition) is 5. The lowest BCUT2D eigenvalue weighted by molar-refractivity contribution is 0.411. The number of nitrogens with two attached hydrogens (primary N) is 1. The normalized spacial score (nSPS) is 18.5. The zero-order chi connectivity index (χ0) is 19.7. The standard InChI is InChI=1S/C22H21FN4O/c1-14-7-16(4-6-20(14)28-2)22(9-21(24)27-12-22)17-3-5-19(23)18(8-17)15-10-25-13-26-11-15/h3-11,13,27H,12,24H2,1-2H3. The van der Waals surface area contributed by atoms with E-state index < -0.39 is 5.41 Å². The highest BCUT2D eigenvalue weighted by molar-refractivity contribution is 5.65. The molecule has 2 heterocycles. The fraction of sp³-hybridized carbons (Fsp3) is 0.182. The van der Waals surface area contributed by atoms with Crippen LogP contribution in [0.2, 0.25) is 0 Å². The third-order valence-corrected chi connectivity index (χ3v) is 5.24. The minimum Gasteiger partial charge on any atom is -0.496 e. The zero-order valence-corrected chi connectivity index (χ0v) is 15.7. The third kappa shape index (κ3) is 2.97. The number of nitrogens with one attached hydrogen (secondary N) is 1. The second-order valence-electron chi connectivity index (χ2n) is 6.93. The molecule has 0 amide bonds. The van der Waals surface area contributed by atoms with Gasteiger partial charge in [0.2, 0.25) is 0 Å². The molecular weight excluding hydrogens is 355 g/mol. The Morgan fingerprint density at radius 2 is 1.82 bits per heavy atom. The lowest BCUT2D eigenvalue weighted by atomic mass is 9.74. The molecule has 1 aliphatic heterocycles. The molecule has 2 aromatic carbocycles. The van der Waals surface area contributed by atoms with E-state index in [0.29, 0.717) is 23.5 Å². The summed E-state index contributed by atoms with van der Waals surface area (Å²) in [4.78, 5) is 8.02. The number of aromatic nitrogens is 2. The average molecular weight is 376 g/mol. The summed E-state index contributed by atoms with van der Waals surface area (Å²) in [7, 11) is 1.65. The monoisotopic (exact) mass is 376 g/mol. The van der Waals surface area contributed by atoms with Gasteiger partial charge in [-0.25, -0.2) is 14.4 Å². The fourth-order valence-corrected chi connectivity index (χ4v) is 3.76. The van der Waals surface area contributed by atoms with Crippen molar-refractivity contribution < 1.29 is 9.13 Å². The van der Waals surface area contributed by atoms with Gasteiger partial charge in [0.25, 0.3) is 0 Å². The van der Waals surface area contributed by atoms with Crippen molar-refractivity contribution in [2.45, 2.75) is 12.3 Å². The Hall–Kier alpha value is -3.41. The zero-order valence-electron chi connectivity index (χ0n) is 15.7. The summed E-state index contributed by atoms with van der Waals surface area (Å²) in [6.07, 6.45) is 6.64. The first-order chi connectivity index (χ1) is 13.5. The molecule has 142 valence electrons. The summed E-state index contributed by atoms with van der Waals surface area (Å²) >= 11 is 0. The van der Waals surface area contributed by atoms with E-state index in [1.807, 2.05) is 31.2 Å². The van der Waals surface area contributed by atoms with Gasteiger partial charge in [-0.05, 0) is 47.9 Å². The quantitative estimate of drug-likeness (QED) is 0.731. The molecule has 5 nitrogen and oxygen atoms in total. The second-order valence-corrected chi connectivity index (χ2v) is 6.93. The number of methoxy groups -OCH3 is 1. The van der Waals surface area contributed by atoms with Gasteiger partial charge in [-0.3, -0.25) is 0 Å². The molecule has 4 rings (SSSR count). The average Bonchev–Trinajstić information content (AvgIpc) is 3.12. The number of aryl methyl sites for hydroxylation is 1. The molecule has 0 saturated carbocycles. The number of hydrogen-bond donors (Lipinski definition) is 2. The van der Waals surface area contributed by atoms with Gasteiger partial charge >= 0.3 is 0 Å². The van der Waals surface area contributed by atoms with Crippen LogP contribution in [0.15, 0.2) is 67.0 Å². The first-order valence-corrected chi connectivity index (χ1v) is 8.96. The molecule has 1 aromatic heterocycles. The predicted molar refractivity (Wildman–Crippen MR) is 106 cm³/mol. The Kier molecular flexibility index (Phi) is 4.47. The molecule has 6 heteroatoms. The van der Waals surface area contributed by atoms with Crippen LogP contribution in [0.1, 0.15) is 16.7 Å². The van der Waals surface area contributed by atoms with Crippen molar-refractivity contribution in [3.8, 4) is 16.9 Å². The number of benzene rings is 2. The van der Waals surface area contributed by atoms with Crippen LogP contribution in [0.4, 0.5) is 4.39 Å². The predicted octanol–water partition coefficient (Wildman–Crippen LogP) is 3.29. The number of ether oxygens (including phenoxy) is 1. The molecule has 1 atom stereocenters. The van der Waals surface area contributed by atoms with E-state index in [2.05, 4.69) is 21.4 Å². The molecular formula is C22H21FN4O. The van der Waals surface area contributed by atoms with Gasteiger partial charge < -0.3 is 15.8 Å². The van der Waals surface area contributed by atoms with Crippen LogP contribution in [-0.2, 0) is 5.41 Å².